The van der Waals surface area contributed by atoms with Gasteiger partial charge in [0, 0.05) is 6.54 Å². The topological polar surface area (TPSA) is 80.9 Å². The van der Waals surface area contributed by atoms with Gasteiger partial charge in [0.25, 0.3) is 0 Å². The van der Waals surface area contributed by atoms with Crippen molar-refractivity contribution in [3.8, 4) is 0 Å². The highest BCUT2D eigenvalue weighted by Gasteiger charge is 2.25. The molecule has 0 spiro atoms. The van der Waals surface area contributed by atoms with Crippen molar-refractivity contribution in [1.29, 1.82) is 0 Å². The van der Waals surface area contributed by atoms with Gasteiger partial charge in [0.15, 0.2) is 0 Å². The van der Waals surface area contributed by atoms with Crippen molar-refractivity contribution >= 4 is 33.3 Å². The molecule has 0 radical (unpaired) electrons. The van der Waals surface area contributed by atoms with Crippen LogP contribution < -0.4 is 11.1 Å². The van der Waals surface area contributed by atoms with Gasteiger partial charge < -0.3 is 11.1 Å². The Morgan fingerprint density at radius 2 is 2.22 bits per heavy atom. The van der Waals surface area contributed by atoms with Crippen LogP contribution in [0.3, 0.4) is 0 Å². The third-order valence-corrected chi connectivity index (χ3v) is 3.99. The molecule has 5 nitrogen and oxygen atoms in total. The molecule has 0 aliphatic heterocycles. The number of carbonyl (C=O) groups is 1. The van der Waals surface area contributed by atoms with Gasteiger partial charge in [0.05, 0.1) is 15.6 Å². The quantitative estimate of drug-likeness (QED) is 0.884. The van der Waals surface area contributed by atoms with Gasteiger partial charge in [-0.1, -0.05) is 0 Å². The maximum atomic E-state index is 11.3. The second-order valence-corrected chi connectivity index (χ2v) is 5.80. The highest BCUT2D eigenvalue weighted by Crippen LogP contribution is 2.29. The van der Waals surface area contributed by atoms with Crippen LogP contribution in [0.25, 0.3) is 10.2 Å². The molecular weight excluding hydrogens is 248 g/mol. The molecule has 96 valence electrons. The van der Waals surface area contributed by atoms with Gasteiger partial charge in [0.2, 0.25) is 5.91 Å². The molecule has 0 saturated carbocycles. The van der Waals surface area contributed by atoms with Gasteiger partial charge in [-0.3, -0.25) is 4.79 Å². The Morgan fingerprint density at radius 1 is 1.50 bits per heavy atom. The summed E-state index contributed by atoms with van der Waals surface area (Å²) in [6.07, 6.45) is 1.53. The number of carbonyl (C=O) groups excluding carboxylic acids is 1. The molecule has 18 heavy (non-hydrogen) atoms. The normalized spacial score (nSPS) is 11.7. The highest BCUT2D eigenvalue weighted by atomic mass is 32.1. The first-order valence-corrected chi connectivity index (χ1v) is 6.52. The molecule has 2 rings (SSSR count). The molecule has 2 heterocycles. The molecule has 2 aromatic rings. The Hall–Kier alpha value is -1.69. The predicted octanol–water partition coefficient (Wildman–Crippen LogP) is 1.92. The van der Waals surface area contributed by atoms with Gasteiger partial charge in [-0.25, -0.2) is 9.97 Å². The number of hydrogen-bond acceptors (Lipinski definition) is 5. The van der Waals surface area contributed by atoms with E-state index in [1.165, 1.54) is 6.33 Å². The van der Waals surface area contributed by atoms with Crippen LogP contribution in [0.5, 0.6) is 0 Å². The molecule has 2 aromatic heterocycles. The molecule has 0 saturated heterocycles. The third kappa shape index (κ3) is 2.28. The lowest BCUT2D eigenvalue weighted by Gasteiger charge is -2.21. The first-order valence-electron chi connectivity index (χ1n) is 5.64. The molecule has 0 aliphatic carbocycles. The molecule has 0 unspecified atom stereocenters. The SMILES string of the molecule is Cc1csc2c(NCC(C)(C)C(N)=O)ncnc12. The van der Waals surface area contributed by atoms with E-state index in [0.717, 1.165) is 21.6 Å². The van der Waals surface area contributed by atoms with Crippen molar-refractivity contribution in [2.75, 3.05) is 11.9 Å². The number of primary amides is 1. The number of aryl methyl sites for hydroxylation is 1. The van der Waals surface area contributed by atoms with Gasteiger partial charge in [-0.15, -0.1) is 11.3 Å². The summed E-state index contributed by atoms with van der Waals surface area (Å²) in [5.74, 6) is 0.426. The van der Waals surface area contributed by atoms with Gasteiger partial charge in [0.1, 0.15) is 12.1 Å². The van der Waals surface area contributed by atoms with Crippen LogP contribution in [0.1, 0.15) is 19.4 Å². The Balaban J connectivity index is 2.25. The average Bonchev–Trinajstić information content (AvgIpc) is 2.69. The predicted molar refractivity (Wildman–Crippen MR) is 73.6 cm³/mol. The molecule has 0 aliphatic rings. The zero-order chi connectivity index (χ0) is 13.3. The lowest BCUT2D eigenvalue weighted by molar-refractivity contribution is -0.125. The number of thiophene rings is 1. The van der Waals surface area contributed by atoms with Crippen LogP contribution in [-0.2, 0) is 4.79 Å². The lowest BCUT2D eigenvalue weighted by Crippen LogP contribution is -2.37. The summed E-state index contributed by atoms with van der Waals surface area (Å²) in [4.78, 5) is 19.7. The van der Waals surface area contributed by atoms with E-state index in [1.54, 1.807) is 25.2 Å². The smallest absolute Gasteiger partial charge is 0.224 e. The van der Waals surface area contributed by atoms with Gasteiger partial charge in [-0.2, -0.15) is 0 Å². The largest absolute Gasteiger partial charge is 0.369 e. The Bertz CT molecular complexity index is 591. The van der Waals surface area contributed by atoms with E-state index in [0.29, 0.717) is 6.54 Å². The van der Waals surface area contributed by atoms with E-state index in [1.807, 2.05) is 12.3 Å². The summed E-state index contributed by atoms with van der Waals surface area (Å²) >= 11 is 1.60. The minimum absolute atomic E-state index is 0.331. The second kappa shape index (κ2) is 4.53. The summed E-state index contributed by atoms with van der Waals surface area (Å²) < 4.78 is 1.01. The maximum Gasteiger partial charge on any atom is 0.224 e. The molecule has 3 N–H and O–H groups in total. The molecule has 6 heteroatoms. The van der Waals surface area contributed by atoms with Crippen LogP contribution >= 0.6 is 11.3 Å². The third-order valence-electron chi connectivity index (χ3n) is 2.90. The number of nitrogens with one attached hydrogen (secondary N) is 1. The Labute approximate surface area is 109 Å². The van der Waals surface area contributed by atoms with Crippen LogP contribution in [0.2, 0.25) is 0 Å². The van der Waals surface area contributed by atoms with Crippen molar-refractivity contribution in [3.63, 3.8) is 0 Å². The number of nitrogens with two attached hydrogens (primary N) is 1. The van der Waals surface area contributed by atoms with Crippen LogP contribution in [-0.4, -0.2) is 22.4 Å². The Morgan fingerprint density at radius 3 is 2.89 bits per heavy atom. The zero-order valence-electron chi connectivity index (χ0n) is 10.7. The summed E-state index contributed by atoms with van der Waals surface area (Å²) in [5, 5.41) is 5.23. The minimum Gasteiger partial charge on any atom is -0.369 e. The monoisotopic (exact) mass is 264 g/mol. The average molecular weight is 264 g/mol. The number of fused-ring (bicyclic) bond motifs is 1. The van der Waals surface area contributed by atoms with Crippen molar-refractivity contribution < 1.29 is 4.79 Å². The number of anilines is 1. The first kappa shape index (κ1) is 12.8. The number of amides is 1. The fraction of sp³-hybridized carbons (Fsp3) is 0.417. The number of aromatic nitrogens is 2. The minimum atomic E-state index is -0.608. The summed E-state index contributed by atoms with van der Waals surface area (Å²) in [5.41, 5.74) is 6.82. The molecule has 1 amide bonds. The van der Waals surface area contributed by atoms with Crippen molar-refractivity contribution in [2.24, 2.45) is 11.1 Å². The van der Waals surface area contributed by atoms with Gasteiger partial charge in [-0.05, 0) is 31.7 Å². The summed E-state index contributed by atoms with van der Waals surface area (Å²) in [6.45, 7) is 6.08. The first-order chi connectivity index (χ1) is 8.42. The Kier molecular flexibility index (Phi) is 3.21. The summed E-state index contributed by atoms with van der Waals surface area (Å²) in [7, 11) is 0. The van der Waals surface area contributed by atoms with Crippen molar-refractivity contribution in [3.05, 3.63) is 17.3 Å². The zero-order valence-corrected chi connectivity index (χ0v) is 11.5. The molecular formula is C12H16N4OS. The second-order valence-electron chi connectivity index (χ2n) is 4.92. The fourth-order valence-corrected chi connectivity index (χ4v) is 2.46. The lowest BCUT2D eigenvalue weighted by atomic mass is 9.93. The molecule has 0 atom stereocenters. The number of hydrogen-bond donors (Lipinski definition) is 2. The van der Waals surface area contributed by atoms with E-state index >= 15 is 0 Å². The van der Waals surface area contributed by atoms with Crippen molar-refractivity contribution in [1.82, 2.24) is 9.97 Å². The maximum absolute atomic E-state index is 11.3. The van der Waals surface area contributed by atoms with Crippen LogP contribution in [0.15, 0.2) is 11.7 Å². The molecule has 0 fully saturated rings. The summed E-state index contributed by atoms with van der Waals surface area (Å²) in [6, 6.07) is 0. The van der Waals surface area contributed by atoms with Gasteiger partial charge >= 0.3 is 0 Å². The van der Waals surface area contributed by atoms with Crippen LogP contribution in [0, 0.1) is 12.3 Å². The highest BCUT2D eigenvalue weighted by molar-refractivity contribution is 7.18. The van der Waals surface area contributed by atoms with E-state index < -0.39 is 5.41 Å². The van der Waals surface area contributed by atoms with Crippen LogP contribution in [0.4, 0.5) is 5.82 Å². The van der Waals surface area contributed by atoms with Crippen molar-refractivity contribution in [2.45, 2.75) is 20.8 Å². The number of rotatable bonds is 4. The van der Waals surface area contributed by atoms with E-state index in [-0.39, 0.29) is 5.91 Å². The molecule has 0 bridgehead atoms. The molecule has 0 aromatic carbocycles. The van der Waals surface area contributed by atoms with E-state index in [2.05, 4.69) is 15.3 Å². The standard InChI is InChI=1S/C12H16N4OS/c1-7-4-18-9-8(7)15-6-16-10(9)14-5-12(2,3)11(13)17/h4,6H,5H2,1-3H3,(H2,13,17)(H,14,15,16). The fourth-order valence-electron chi connectivity index (χ4n) is 1.49. The van der Waals surface area contributed by atoms with E-state index in [9.17, 15) is 4.79 Å². The number of nitrogens with zero attached hydrogens (tertiary/aromatic N) is 2. The van der Waals surface area contributed by atoms with E-state index in [4.69, 9.17) is 5.73 Å².